The fourth-order valence-corrected chi connectivity index (χ4v) is 1.74. The predicted octanol–water partition coefficient (Wildman–Crippen LogP) is 1.76. The van der Waals surface area contributed by atoms with E-state index in [1.807, 2.05) is 0 Å². The van der Waals surface area contributed by atoms with Crippen LogP contribution in [0.2, 0.25) is 5.15 Å². The number of pyridine rings is 1. The SMILES string of the molecule is CC(N)(C(=O)O)c1ccnc(Cl)c1Br. The van der Waals surface area contributed by atoms with Crippen molar-refractivity contribution >= 4 is 33.5 Å². The maximum absolute atomic E-state index is 10.9. The van der Waals surface area contributed by atoms with Crippen LogP contribution in [0, 0.1) is 0 Å². The summed E-state index contributed by atoms with van der Waals surface area (Å²) < 4.78 is 0.411. The molecule has 6 heteroatoms. The average Bonchev–Trinajstić information content (AvgIpc) is 2.09. The molecule has 14 heavy (non-hydrogen) atoms. The van der Waals surface area contributed by atoms with Crippen molar-refractivity contribution in [1.29, 1.82) is 0 Å². The van der Waals surface area contributed by atoms with Gasteiger partial charge in [-0.2, -0.15) is 0 Å². The maximum Gasteiger partial charge on any atom is 0.328 e. The number of hydrogen-bond donors (Lipinski definition) is 2. The van der Waals surface area contributed by atoms with E-state index in [9.17, 15) is 4.79 Å². The highest BCUT2D eigenvalue weighted by Gasteiger charge is 2.32. The maximum atomic E-state index is 10.9. The summed E-state index contributed by atoms with van der Waals surface area (Å²) in [4.78, 5) is 14.7. The largest absolute Gasteiger partial charge is 0.480 e. The minimum atomic E-state index is -1.48. The summed E-state index contributed by atoms with van der Waals surface area (Å²) in [6, 6.07) is 1.52. The summed E-state index contributed by atoms with van der Waals surface area (Å²) >= 11 is 8.86. The van der Waals surface area contributed by atoms with Crippen LogP contribution in [0.25, 0.3) is 0 Å². The van der Waals surface area contributed by atoms with Gasteiger partial charge < -0.3 is 10.8 Å². The zero-order chi connectivity index (χ0) is 10.9. The molecule has 1 rings (SSSR count). The van der Waals surface area contributed by atoms with Gasteiger partial charge >= 0.3 is 5.97 Å². The summed E-state index contributed by atoms with van der Waals surface area (Å²) in [6.45, 7) is 1.39. The standard InChI is InChI=1S/C8H8BrClN2O2/c1-8(11,7(13)14)4-2-3-12-6(10)5(4)9/h2-3H,11H2,1H3,(H,13,14). The van der Waals surface area contributed by atoms with E-state index in [0.717, 1.165) is 0 Å². The first-order chi connectivity index (χ1) is 6.37. The molecular formula is C8H8BrClN2O2. The summed E-state index contributed by atoms with van der Waals surface area (Å²) in [5, 5.41) is 9.10. The van der Waals surface area contributed by atoms with Crippen LogP contribution in [0.5, 0.6) is 0 Å². The highest BCUT2D eigenvalue weighted by molar-refractivity contribution is 9.10. The molecule has 4 nitrogen and oxygen atoms in total. The molecule has 0 saturated heterocycles. The van der Waals surface area contributed by atoms with Gasteiger partial charge in [0.25, 0.3) is 0 Å². The highest BCUT2D eigenvalue weighted by atomic mass is 79.9. The number of aromatic nitrogens is 1. The van der Waals surface area contributed by atoms with Gasteiger partial charge in [-0.15, -0.1) is 0 Å². The normalized spacial score (nSPS) is 14.9. The Bertz CT molecular complexity index is 382. The number of hydrogen-bond acceptors (Lipinski definition) is 3. The lowest BCUT2D eigenvalue weighted by atomic mass is 9.95. The third-order valence-corrected chi connectivity index (χ3v) is 3.17. The quantitative estimate of drug-likeness (QED) is 0.809. The van der Waals surface area contributed by atoms with Crippen LogP contribution >= 0.6 is 27.5 Å². The van der Waals surface area contributed by atoms with Crippen molar-refractivity contribution in [1.82, 2.24) is 4.98 Å². The molecule has 76 valence electrons. The summed E-state index contributed by atoms with van der Waals surface area (Å²) in [7, 11) is 0. The second kappa shape index (κ2) is 3.84. The van der Waals surface area contributed by atoms with E-state index in [2.05, 4.69) is 20.9 Å². The minimum absolute atomic E-state index is 0.195. The molecule has 0 aromatic carbocycles. The van der Waals surface area contributed by atoms with Crippen LogP contribution < -0.4 is 5.73 Å². The lowest BCUT2D eigenvalue weighted by Gasteiger charge is -2.21. The Hall–Kier alpha value is -0.650. The van der Waals surface area contributed by atoms with Crippen LogP contribution in [0.15, 0.2) is 16.7 Å². The fraction of sp³-hybridized carbons (Fsp3) is 0.250. The predicted molar refractivity (Wildman–Crippen MR) is 56.1 cm³/mol. The molecule has 3 N–H and O–H groups in total. The van der Waals surface area contributed by atoms with Gasteiger partial charge in [-0.1, -0.05) is 11.6 Å². The molecule has 0 aliphatic rings. The Morgan fingerprint density at radius 3 is 2.86 bits per heavy atom. The molecular weight excluding hydrogens is 271 g/mol. The van der Waals surface area contributed by atoms with Crippen LogP contribution in [0.3, 0.4) is 0 Å². The Kier molecular flexibility index (Phi) is 3.14. The number of carbonyl (C=O) groups is 1. The van der Waals surface area contributed by atoms with E-state index in [-0.39, 0.29) is 5.15 Å². The van der Waals surface area contributed by atoms with Crippen molar-refractivity contribution in [3.8, 4) is 0 Å². The molecule has 0 saturated carbocycles. The number of carboxylic acid groups (broad SMARTS) is 1. The van der Waals surface area contributed by atoms with E-state index in [1.54, 1.807) is 0 Å². The number of aliphatic carboxylic acids is 1. The first-order valence-corrected chi connectivity index (χ1v) is 4.87. The Labute approximate surface area is 94.2 Å². The van der Waals surface area contributed by atoms with Gasteiger partial charge in [0.15, 0.2) is 0 Å². The molecule has 0 aliphatic heterocycles. The molecule has 1 aromatic rings. The Balaban J connectivity index is 3.33. The monoisotopic (exact) mass is 278 g/mol. The van der Waals surface area contributed by atoms with E-state index >= 15 is 0 Å². The van der Waals surface area contributed by atoms with Gasteiger partial charge in [-0.3, -0.25) is 0 Å². The van der Waals surface area contributed by atoms with Gasteiger partial charge in [-0.25, -0.2) is 9.78 Å². The second-order valence-corrected chi connectivity index (χ2v) is 4.12. The molecule has 1 aromatic heterocycles. The topological polar surface area (TPSA) is 76.2 Å². The molecule has 0 radical (unpaired) electrons. The number of halogens is 2. The molecule has 0 spiro atoms. The zero-order valence-electron chi connectivity index (χ0n) is 7.29. The Morgan fingerprint density at radius 1 is 1.79 bits per heavy atom. The lowest BCUT2D eigenvalue weighted by molar-refractivity contribution is -0.143. The van der Waals surface area contributed by atoms with Crippen molar-refractivity contribution in [2.24, 2.45) is 5.73 Å². The van der Waals surface area contributed by atoms with Crippen molar-refractivity contribution in [3.05, 3.63) is 27.5 Å². The fourth-order valence-electron chi connectivity index (χ4n) is 0.935. The summed E-state index contributed by atoms with van der Waals surface area (Å²) in [5.74, 6) is -1.12. The molecule has 0 amide bonds. The van der Waals surface area contributed by atoms with Crippen LogP contribution in [-0.4, -0.2) is 16.1 Å². The molecule has 1 atom stereocenters. The van der Waals surface area contributed by atoms with Crippen LogP contribution in [0.4, 0.5) is 0 Å². The van der Waals surface area contributed by atoms with Gasteiger partial charge in [0.2, 0.25) is 0 Å². The number of nitrogens with two attached hydrogens (primary N) is 1. The molecule has 0 fully saturated rings. The third-order valence-electron chi connectivity index (χ3n) is 1.85. The molecule has 1 unspecified atom stereocenters. The molecule has 0 aliphatic carbocycles. The van der Waals surface area contributed by atoms with Crippen LogP contribution in [-0.2, 0) is 10.3 Å². The van der Waals surface area contributed by atoms with Crippen molar-refractivity contribution in [3.63, 3.8) is 0 Å². The van der Waals surface area contributed by atoms with Crippen molar-refractivity contribution < 1.29 is 9.90 Å². The minimum Gasteiger partial charge on any atom is -0.480 e. The first kappa shape index (κ1) is 11.4. The van der Waals surface area contributed by atoms with Crippen molar-refractivity contribution in [2.45, 2.75) is 12.5 Å². The first-order valence-electron chi connectivity index (χ1n) is 3.70. The number of rotatable bonds is 2. The van der Waals surface area contributed by atoms with E-state index < -0.39 is 11.5 Å². The average molecular weight is 280 g/mol. The van der Waals surface area contributed by atoms with Gasteiger partial charge in [0, 0.05) is 11.8 Å². The van der Waals surface area contributed by atoms with Gasteiger partial charge in [-0.05, 0) is 28.9 Å². The molecule has 1 heterocycles. The van der Waals surface area contributed by atoms with Gasteiger partial charge in [0.05, 0.1) is 4.47 Å². The van der Waals surface area contributed by atoms with Gasteiger partial charge in [0.1, 0.15) is 10.7 Å². The van der Waals surface area contributed by atoms with E-state index in [4.69, 9.17) is 22.4 Å². The number of carboxylic acids is 1. The Morgan fingerprint density at radius 2 is 2.36 bits per heavy atom. The highest BCUT2D eigenvalue weighted by Crippen LogP contribution is 2.30. The lowest BCUT2D eigenvalue weighted by Crippen LogP contribution is -2.42. The summed E-state index contributed by atoms with van der Waals surface area (Å²) in [6.07, 6.45) is 1.41. The third kappa shape index (κ3) is 1.89. The van der Waals surface area contributed by atoms with Crippen LogP contribution in [0.1, 0.15) is 12.5 Å². The van der Waals surface area contributed by atoms with Crippen molar-refractivity contribution in [2.75, 3.05) is 0 Å². The summed E-state index contributed by atoms with van der Waals surface area (Å²) in [5.41, 5.74) is 4.55. The van der Waals surface area contributed by atoms with E-state index in [1.165, 1.54) is 19.2 Å². The zero-order valence-corrected chi connectivity index (χ0v) is 9.63. The van der Waals surface area contributed by atoms with E-state index in [0.29, 0.717) is 10.0 Å². The second-order valence-electron chi connectivity index (χ2n) is 2.97. The number of nitrogens with zero attached hydrogens (tertiary/aromatic N) is 1. The smallest absolute Gasteiger partial charge is 0.328 e. The molecule has 0 bridgehead atoms.